The second-order valence-electron chi connectivity index (χ2n) is 9.30. The van der Waals surface area contributed by atoms with E-state index in [9.17, 15) is 9.18 Å². The van der Waals surface area contributed by atoms with Crippen molar-refractivity contribution in [2.24, 2.45) is 5.92 Å². The Balaban J connectivity index is 0.000000747. The third kappa shape index (κ3) is 6.69. The van der Waals surface area contributed by atoms with Gasteiger partial charge >= 0.3 is 6.16 Å². The lowest BCUT2D eigenvalue weighted by atomic mass is 9.82. The van der Waals surface area contributed by atoms with Crippen LogP contribution in [-0.2, 0) is 6.42 Å². The van der Waals surface area contributed by atoms with Crippen molar-refractivity contribution in [3.05, 3.63) is 83.4 Å². The van der Waals surface area contributed by atoms with Crippen LogP contribution in [0.4, 0.5) is 9.18 Å². The largest absolute Gasteiger partial charge is 0.503 e. The van der Waals surface area contributed by atoms with Crippen molar-refractivity contribution in [1.82, 2.24) is 20.5 Å². The molecule has 8 nitrogen and oxygen atoms in total. The van der Waals surface area contributed by atoms with E-state index in [-0.39, 0.29) is 17.8 Å². The van der Waals surface area contributed by atoms with Crippen molar-refractivity contribution in [2.45, 2.75) is 45.1 Å². The number of nitrogens with one attached hydrogen (secondary N) is 2. The normalized spacial score (nSPS) is 17.0. The molecule has 1 aliphatic rings. The number of benzene rings is 2. The molecule has 2 aromatic carbocycles. The third-order valence-corrected chi connectivity index (χ3v) is 6.58. The van der Waals surface area contributed by atoms with Crippen LogP contribution in [0.3, 0.4) is 0 Å². The van der Waals surface area contributed by atoms with Crippen LogP contribution in [0.15, 0.2) is 60.8 Å². The average Bonchev–Trinajstić information content (AvgIpc) is 3.29. The van der Waals surface area contributed by atoms with Crippen LogP contribution in [0.5, 0.6) is 0 Å². The maximum absolute atomic E-state index is 14.1. The van der Waals surface area contributed by atoms with Crippen molar-refractivity contribution in [2.75, 3.05) is 0 Å². The lowest BCUT2D eigenvalue weighted by Gasteiger charge is -2.30. The number of aryl methyl sites for hydroxylation is 1. The van der Waals surface area contributed by atoms with Crippen LogP contribution in [0.25, 0.3) is 22.2 Å². The lowest BCUT2D eigenvalue weighted by molar-refractivity contribution is 0.0919. The molecule has 2 unspecified atom stereocenters. The van der Waals surface area contributed by atoms with E-state index in [4.69, 9.17) is 15.0 Å². The maximum atomic E-state index is 14.1. The van der Waals surface area contributed by atoms with Crippen molar-refractivity contribution < 1.29 is 24.2 Å². The monoisotopic (exact) mass is 504 g/mol. The van der Waals surface area contributed by atoms with Crippen molar-refractivity contribution in [3.8, 4) is 11.3 Å². The highest BCUT2D eigenvalue weighted by molar-refractivity contribution is 6.01. The minimum Gasteiger partial charge on any atom is -0.450 e. The van der Waals surface area contributed by atoms with Gasteiger partial charge < -0.3 is 15.5 Å². The number of aromatic nitrogens is 3. The van der Waals surface area contributed by atoms with Gasteiger partial charge in [-0.2, -0.15) is 5.10 Å². The SMILES string of the molecule is Cc1cc(-c2n[nH]c3ccc(C(=O)NC4CCCC(Cc5ccccc5F)C4)cc23)ccn1.O=C(O)O. The topological polar surface area (TPSA) is 128 Å². The lowest BCUT2D eigenvalue weighted by Crippen LogP contribution is -2.38. The van der Waals surface area contributed by atoms with Crippen LogP contribution in [-0.4, -0.2) is 43.5 Å². The van der Waals surface area contributed by atoms with Crippen LogP contribution in [0, 0.1) is 18.7 Å². The Kier molecular flexibility index (Phi) is 8.12. The molecule has 1 amide bonds. The first-order chi connectivity index (χ1) is 17.8. The molecule has 2 aromatic heterocycles. The van der Waals surface area contributed by atoms with Crippen LogP contribution < -0.4 is 5.32 Å². The molecule has 0 spiro atoms. The van der Waals surface area contributed by atoms with E-state index in [0.717, 1.165) is 59.1 Å². The summed E-state index contributed by atoms with van der Waals surface area (Å²) in [6, 6.07) is 16.6. The summed E-state index contributed by atoms with van der Waals surface area (Å²) in [7, 11) is 0. The number of carbonyl (C=O) groups excluding carboxylic acids is 1. The number of hydrogen-bond donors (Lipinski definition) is 4. The number of pyridine rings is 1. The second-order valence-corrected chi connectivity index (χ2v) is 9.30. The van der Waals surface area contributed by atoms with E-state index in [1.54, 1.807) is 12.3 Å². The first kappa shape index (κ1) is 25.8. The molecule has 192 valence electrons. The number of aromatic amines is 1. The average molecular weight is 505 g/mol. The van der Waals surface area contributed by atoms with Gasteiger partial charge in [-0.3, -0.25) is 14.9 Å². The summed E-state index contributed by atoms with van der Waals surface area (Å²) in [6.07, 6.45) is 4.58. The Hall–Kier alpha value is -4.27. The summed E-state index contributed by atoms with van der Waals surface area (Å²) in [5.41, 5.74) is 4.96. The van der Waals surface area contributed by atoms with Gasteiger partial charge in [0.25, 0.3) is 5.91 Å². The van der Waals surface area contributed by atoms with Gasteiger partial charge in [-0.1, -0.05) is 24.6 Å². The smallest absolute Gasteiger partial charge is 0.450 e. The van der Waals surface area contributed by atoms with Gasteiger partial charge in [-0.05, 0) is 80.5 Å². The molecule has 1 saturated carbocycles. The predicted octanol–water partition coefficient (Wildman–Crippen LogP) is 5.83. The number of carboxylic acid groups (broad SMARTS) is 2. The molecule has 2 heterocycles. The number of rotatable bonds is 5. The van der Waals surface area contributed by atoms with E-state index < -0.39 is 6.16 Å². The molecule has 2 atom stereocenters. The molecular weight excluding hydrogens is 475 g/mol. The second kappa shape index (κ2) is 11.6. The van der Waals surface area contributed by atoms with Crippen LogP contribution in [0.2, 0.25) is 0 Å². The highest BCUT2D eigenvalue weighted by atomic mass is 19.1. The number of carbonyl (C=O) groups is 2. The van der Waals surface area contributed by atoms with E-state index >= 15 is 0 Å². The summed E-state index contributed by atoms with van der Waals surface area (Å²) in [5.74, 6) is 0.155. The van der Waals surface area contributed by atoms with E-state index in [1.165, 1.54) is 6.07 Å². The maximum Gasteiger partial charge on any atom is 0.503 e. The molecule has 0 radical (unpaired) electrons. The molecule has 37 heavy (non-hydrogen) atoms. The molecule has 9 heteroatoms. The Labute approximate surface area is 213 Å². The number of H-pyrrole nitrogens is 1. The number of halogens is 1. The standard InChI is InChI=1S/C27H27FN4O.CH2O3/c1-17-13-20(11-12-29-17)26-23-16-21(9-10-25(23)31-32-26)27(33)30-22-7-4-5-18(15-22)14-19-6-2-3-8-24(19)28;2-1(3)4/h2-3,6,8-13,16,18,22H,4-5,7,14-15H2,1H3,(H,30,33)(H,31,32);(H2,2,3,4). The number of fused-ring (bicyclic) bond motifs is 1. The van der Waals surface area contributed by atoms with E-state index in [1.807, 2.05) is 49.4 Å². The Morgan fingerprint density at radius 1 is 1.11 bits per heavy atom. The molecule has 5 rings (SSSR count). The number of hydrogen-bond acceptors (Lipinski definition) is 4. The molecule has 4 aromatic rings. The fourth-order valence-corrected chi connectivity index (χ4v) is 4.92. The third-order valence-electron chi connectivity index (χ3n) is 6.58. The van der Waals surface area contributed by atoms with Gasteiger partial charge in [-0.15, -0.1) is 0 Å². The Morgan fingerprint density at radius 3 is 2.65 bits per heavy atom. The van der Waals surface area contributed by atoms with Crippen molar-refractivity contribution >= 4 is 23.0 Å². The quantitative estimate of drug-likeness (QED) is 0.271. The molecule has 0 saturated heterocycles. The van der Waals surface area contributed by atoms with Gasteiger partial charge in [0.1, 0.15) is 11.5 Å². The van der Waals surface area contributed by atoms with Crippen molar-refractivity contribution in [1.29, 1.82) is 0 Å². The molecule has 1 aliphatic carbocycles. The van der Waals surface area contributed by atoms with Gasteiger partial charge in [0.15, 0.2) is 0 Å². The molecular formula is C28H29FN4O4. The number of nitrogens with zero attached hydrogens (tertiary/aromatic N) is 2. The molecule has 1 fully saturated rings. The minimum atomic E-state index is -1.83. The van der Waals surface area contributed by atoms with Crippen LogP contribution >= 0.6 is 0 Å². The molecule has 4 N–H and O–H groups in total. The Bertz CT molecular complexity index is 1400. The van der Waals surface area contributed by atoms with Gasteiger partial charge in [0.05, 0.1) is 5.52 Å². The molecule has 0 bridgehead atoms. The van der Waals surface area contributed by atoms with Crippen LogP contribution in [0.1, 0.15) is 47.3 Å². The Morgan fingerprint density at radius 2 is 1.89 bits per heavy atom. The zero-order valence-electron chi connectivity index (χ0n) is 20.4. The van der Waals surface area contributed by atoms with E-state index in [2.05, 4.69) is 20.5 Å². The minimum absolute atomic E-state index is 0.0773. The first-order valence-corrected chi connectivity index (χ1v) is 12.2. The number of amides is 1. The molecule has 0 aliphatic heterocycles. The summed E-state index contributed by atoms with van der Waals surface area (Å²) < 4.78 is 14.1. The highest BCUT2D eigenvalue weighted by Crippen LogP contribution is 2.30. The van der Waals surface area contributed by atoms with Gasteiger partial charge in [0, 0.05) is 34.4 Å². The zero-order valence-corrected chi connectivity index (χ0v) is 20.4. The summed E-state index contributed by atoms with van der Waals surface area (Å²) in [6.45, 7) is 1.95. The van der Waals surface area contributed by atoms with Gasteiger partial charge in [0.2, 0.25) is 0 Å². The fraction of sp³-hybridized carbons (Fsp3) is 0.286. The summed E-state index contributed by atoms with van der Waals surface area (Å²) >= 11 is 0. The van der Waals surface area contributed by atoms with Gasteiger partial charge in [-0.25, -0.2) is 9.18 Å². The first-order valence-electron chi connectivity index (χ1n) is 12.2. The van der Waals surface area contributed by atoms with Crippen molar-refractivity contribution in [3.63, 3.8) is 0 Å². The predicted molar refractivity (Wildman–Crippen MR) is 138 cm³/mol. The fourth-order valence-electron chi connectivity index (χ4n) is 4.92. The summed E-state index contributed by atoms with van der Waals surface area (Å²) in [4.78, 5) is 25.9. The highest BCUT2D eigenvalue weighted by Gasteiger charge is 2.25. The van der Waals surface area contributed by atoms with E-state index in [0.29, 0.717) is 17.9 Å². The zero-order chi connectivity index (χ0) is 26.4. The summed E-state index contributed by atoms with van der Waals surface area (Å²) in [5, 5.41) is 25.6.